The van der Waals surface area contributed by atoms with Crippen LogP contribution in [0.3, 0.4) is 0 Å². The average molecular weight is 582 g/mol. The predicted octanol–water partition coefficient (Wildman–Crippen LogP) is 7.38. The third-order valence-corrected chi connectivity index (χ3v) is 8.41. The van der Waals surface area contributed by atoms with Crippen LogP contribution in [0.15, 0.2) is 127 Å². The molecular weight excluding hydrogens is 544 g/mol. The Morgan fingerprint density at radius 2 is 1.62 bits per heavy atom. The fourth-order valence-corrected chi connectivity index (χ4v) is 6.16. The van der Waals surface area contributed by atoms with Gasteiger partial charge in [0.1, 0.15) is 5.75 Å². The second kappa shape index (κ2) is 13.2. The van der Waals surface area contributed by atoms with Gasteiger partial charge in [-0.05, 0) is 66.0 Å². The number of anilines is 1. The Morgan fingerprint density at radius 3 is 2.29 bits per heavy atom. The van der Waals surface area contributed by atoms with Gasteiger partial charge in [0.25, 0.3) is 10.1 Å². The molecule has 42 heavy (non-hydrogen) atoms. The van der Waals surface area contributed by atoms with Gasteiger partial charge in [-0.3, -0.25) is 4.55 Å². The Labute approximate surface area is 249 Å². The number of hydrogen-bond acceptors (Lipinski definition) is 4. The molecule has 0 amide bonds. The Kier molecular flexibility index (Phi) is 9.20. The summed E-state index contributed by atoms with van der Waals surface area (Å²) < 4.78 is 39.8. The van der Waals surface area contributed by atoms with E-state index in [1.807, 2.05) is 36.4 Å². The number of methoxy groups -OCH3 is 1. The summed E-state index contributed by atoms with van der Waals surface area (Å²) in [5, 5.41) is 0. The molecule has 216 valence electrons. The van der Waals surface area contributed by atoms with Crippen LogP contribution in [0.1, 0.15) is 42.9 Å². The lowest BCUT2D eigenvalue weighted by Crippen LogP contribution is -2.29. The Balaban J connectivity index is 1.50. The fraction of sp³-hybridized carbons (Fsp3) is 0.229. The van der Waals surface area contributed by atoms with Gasteiger partial charge in [-0.15, -0.1) is 0 Å². The molecule has 7 heteroatoms. The van der Waals surface area contributed by atoms with Gasteiger partial charge in [0.2, 0.25) is 11.4 Å². The quantitative estimate of drug-likeness (QED) is 0.200. The number of ether oxygens (including phenoxy) is 1. The maximum atomic E-state index is 11.5. The number of fused-ring (bicyclic) bond motifs is 1. The van der Waals surface area contributed by atoms with E-state index in [1.54, 1.807) is 7.11 Å². The van der Waals surface area contributed by atoms with E-state index in [1.165, 1.54) is 5.56 Å². The number of benzene rings is 3. The Bertz CT molecular complexity index is 1630. The zero-order valence-corrected chi connectivity index (χ0v) is 24.8. The van der Waals surface area contributed by atoms with E-state index in [4.69, 9.17) is 4.74 Å². The summed E-state index contributed by atoms with van der Waals surface area (Å²) in [7, 11) is -2.36. The molecule has 3 aromatic carbocycles. The highest BCUT2D eigenvalue weighted by molar-refractivity contribution is 7.85. The first-order valence-electron chi connectivity index (χ1n) is 14.3. The molecule has 2 unspecified atom stereocenters. The van der Waals surface area contributed by atoms with Crippen molar-refractivity contribution in [2.75, 3.05) is 24.3 Å². The highest BCUT2D eigenvalue weighted by Gasteiger charge is 2.38. The van der Waals surface area contributed by atoms with E-state index < -0.39 is 10.1 Å². The van der Waals surface area contributed by atoms with Crippen molar-refractivity contribution in [2.45, 2.75) is 31.7 Å². The molecule has 1 aliphatic heterocycles. The number of para-hydroxylation sites is 1. The molecule has 0 saturated heterocycles. The fourth-order valence-electron chi connectivity index (χ4n) is 5.67. The van der Waals surface area contributed by atoms with Crippen molar-refractivity contribution in [2.24, 2.45) is 0 Å². The normalized spacial score (nSPS) is 18.0. The zero-order chi connectivity index (χ0) is 29.5. The summed E-state index contributed by atoms with van der Waals surface area (Å²) in [6.07, 6.45) is 16.4. The lowest BCUT2D eigenvalue weighted by atomic mass is 9.87. The number of allylic oxidation sites excluding steroid dienone is 6. The van der Waals surface area contributed by atoms with Crippen molar-refractivity contribution in [3.05, 3.63) is 138 Å². The van der Waals surface area contributed by atoms with Crippen LogP contribution in [0, 0.1) is 0 Å². The number of hydrogen-bond donors (Lipinski definition) is 1. The lowest BCUT2D eigenvalue weighted by Gasteiger charge is -2.30. The van der Waals surface area contributed by atoms with Crippen LogP contribution in [-0.4, -0.2) is 42.7 Å². The minimum absolute atomic E-state index is 0.00652. The molecular formula is C35H37N2O4S+. The molecule has 0 radical (unpaired) electrons. The van der Waals surface area contributed by atoms with Gasteiger partial charge in [0.15, 0.2) is 6.20 Å². The third-order valence-electron chi connectivity index (χ3n) is 7.61. The van der Waals surface area contributed by atoms with E-state index in [2.05, 4.69) is 102 Å². The summed E-state index contributed by atoms with van der Waals surface area (Å²) in [4.78, 5) is 2.28. The SMILES string of the molecule is CC/C=C/[N+](=C1C=CC(=CC2c3ccccc3N(CCCS(=O)(=O)O)C2c2ccccc2)C=C1)c1ccc(OC)cc1. The van der Waals surface area contributed by atoms with Crippen LogP contribution >= 0.6 is 0 Å². The molecule has 0 saturated carbocycles. The summed E-state index contributed by atoms with van der Waals surface area (Å²) in [5.74, 6) is 0.609. The number of rotatable bonds is 10. The first-order valence-corrected chi connectivity index (χ1v) is 15.9. The van der Waals surface area contributed by atoms with Crippen LogP contribution < -0.4 is 9.64 Å². The third kappa shape index (κ3) is 6.81. The van der Waals surface area contributed by atoms with Crippen molar-refractivity contribution in [1.29, 1.82) is 0 Å². The van der Waals surface area contributed by atoms with E-state index in [-0.39, 0.29) is 17.7 Å². The molecule has 3 aromatic rings. The van der Waals surface area contributed by atoms with Crippen molar-refractivity contribution in [3.63, 3.8) is 0 Å². The van der Waals surface area contributed by atoms with Gasteiger partial charge in [-0.2, -0.15) is 13.0 Å². The molecule has 0 spiro atoms. The van der Waals surface area contributed by atoms with Crippen molar-refractivity contribution in [1.82, 2.24) is 0 Å². The summed E-state index contributed by atoms with van der Waals surface area (Å²) >= 11 is 0. The van der Waals surface area contributed by atoms with Gasteiger partial charge >= 0.3 is 0 Å². The highest BCUT2D eigenvalue weighted by Crippen LogP contribution is 2.50. The first-order chi connectivity index (χ1) is 20.4. The zero-order valence-electron chi connectivity index (χ0n) is 24.0. The largest absolute Gasteiger partial charge is 0.497 e. The van der Waals surface area contributed by atoms with Crippen LogP contribution in [-0.2, 0) is 10.1 Å². The molecule has 2 atom stereocenters. The second-order valence-corrected chi connectivity index (χ2v) is 12.0. The standard InChI is InChI=1S/C35H36N2O4S/c1-3-4-23-36(30-19-21-31(41-2)22-20-30)29-17-15-27(16-18-29)26-33-32-13-8-9-14-34(32)37(24-10-25-42(38,39)40)35(33)28-11-6-5-7-12-28/h4-9,11-23,26,33,35H,3,10,24-25H2,1-2H3/p+1/b23-4+,27-26?,36-29?. The molecule has 0 aromatic heterocycles. The van der Waals surface area contributed by atoms with Crippen LogP contribution in [0.25, 0.3) is 0 Å². The van der Waals surface area contributed by atoms with Crippen LogP contribution in [0.2, 0.25) is 0 Å². The topological polar surface area (TPSA) is 69.9 Å². The van der Waals surface area contributed by atoms with Gasteiger partial charge in [-0.1, -0.05) is 61.5 Å². The summed E-state index contributed by atoms with van der Waals surface area (Å²) in [6, 6.07) is 26.7. The molecule has 0 bridgehead atoms. The maximum Gasteiger partial charge on any atom is 0.264 e. The molecule has 2 aliphatic rings. The molecule has 1 N–H and O–H groups in total. The molecule has 5 rings (SSSR count). The van der Waals surface area contributed by atoms with Gasteiger partial charge in [0, 0.05) is 42.4 Å². The van der Waals surface area contributed by atoms with Crippen LogP contribution in [0.4, 0.5) is 11.4 Å². The second-order valence-electron chi connectivity index (χ2n) is 10.4. The number of nitrogens with zero attached hydrogens (tertiary/aromatic N) is 2. The minimum atomic E-state index is -4.03. The van der Waals surface area contributed by atoms with E-state index in [9.17, 15) is 13.0 Å². The smallest absolute Gasteiger partial charge is 0.264 e. The molecule has 0 fully saturated rings. The van der Waals surface area contributed by atoms with Gasteiger partial charge < -0.3 is 9.64 Å². The summed E-state index contributed by atoms with van der Waals surface area (Å²) in [5.41, 5.74) is 6.66. The molecule has 1 aliphatic carbocycles. The maximum absolute atomic E-state index is 11.5. The van der Waals surface area contributed by atoms with E-state index >= 15 is 0 Å². The van der Waals surface area contributed by atoms with Gasteiger partial charge in [-0.25, -0.2) is 0 Å². The van der Waals surface area contributed by atoms with E-state index in [0.29, 0.717) is 13.0 Å². The van der Waals surface area contributed by atoms with Crippen LogP contribution in [0.5, 0.6) is 5.75 Å². The molecule has 1 heterocycles. The Hall–Kier alpha value is -4.20. The predicted molar refractivity (Wildman–Crippen MR) is 170 cm³/mol. The van der Waals surface area contributed by atoms with Crippen molar-refractivity contribution < 1.29 is 22.3 Å². The Morgan fingerprint density at radius 1 is 0.929 bits per heavy atom. The summed E-state index contributed by atoms with van der Waals surface area (Å²) in [6.45, 7) is 2.63. The lowest BCUT2D eigenvalue weighted by molar-refractivity contribution is -0.358. The highest BCUT2D eigenvalue weighted by atomic mass is 32.2. The van der Waals surface area contributed by atoms with E-state index in [0.717, 1.165) is 40.4 Å². The van der Waals surface area contributed by atoms with Crippen molar-refractivity contribution >= 4 is 27.2 Å². The average Bonchev–Trinajstić information content (AvgIpc) is 3.31. The minimum Gasteiger partial charge on any atom is -0.497 e. The monoisotopic (exact) mass is 581 g/mol. The van der Waals surface area contributed by atoms with Gasteiger partial charge in [0.05, 0.1) is 18.9 Å². The first kappa shape index (κ1) is 29.3. The van der Waals surface area contributed by atoms with Crippen molar-refractivity contribution in [3.8, 4) is 5.75 Å². The molecule has 6 nitrogen and oxygen atoms in total.